The second-order valence-corrected chi connectivity index (χ2v) is 4.56. The number of ether oxygens (including phenoxy) is 1. The zero-order valence-corrected chi connectivity index (χ0v) is 10.5. The molecule has 5 heteroatoms. The van der Waals surface area contributed by atoms with Gasteiger partial charge in [0.15, 0.2) is 5.69 Å². The molecule has 0 saturated heterocycles. The highest BCUT2D eigenvalue weighted by Crippen LogP contribution is 2.26. The second-order valence-electron chi connectivity index (χ2n) is 4.56. The largest absolute Gasteiger partial charge is 0.464 e. The summed E-state index contributed by atoms with van der Waals surface area (Å²) in [5, 5.41) is 8.02. The van der Waals surface area contributed by atoms with Crippen LogP contribution >= 0.6 is 0 Å². The van der Waals surface area contributed by atoms with Gasteiger partial charge in [-0.2, -0.15) is 0 Å². The molecule has 0 amide bonds. The molecule has 2 rings (SSSR count). The van der Waals surface area contributed by atoms with Crippen molar-refractivity contribution in [1.29, 1.82) is 0 Å². The standard InChI is InChI=1S/C12H19N3O2/c1-3-10-11(12(16)17-2)13-14-15(10)8-9-6-4-5-7-9/h9H,3-8H2,1-2H3. The summed E-state index contributed by atoms with van der Waals surface area (Å²) in [7, 11) is 1.37. The van der Waals surface area contributed by atoms with Crippen molar-refractivity contribution in [2.24, 2.45) is 5.92 Å². The van der Waals surface area contributed by atoms with Crippen molar-refractivity contribution in [3.63, 3.8) is 0 Å². The van der Waals surface area contributed by atoms with E-state index in [1.54, 1.807) is 0 Å². The molecule has 0 unspecified atom stereocenters. The third-order valence-corrected chi connectivity index (χ3v) is 3.46. The summed E-state index contributed by atoms with van der Waals surface area (Å²) in [6, 6.07) is 0. The van der Waals surface area contributed by atoms with Crippen LogP contribution in [0.3, 0.4) is 0 Å². The highest BCUT2D eigenvalue weighted by Gasteiger charge is 2.22. The van der Waals surface area contributed by atoms with Crippen LogP contribution in [0.1, 0.15) is 48.8 Å². The van der Waals surface area contributed by atoms with Crippen molar-refractivity contribution in [2.45, 2.75) is 45.6 Å². The van der Waals surface area contributed by atoms with Gasteiger partial charge in [0, 0.05) is 6.54 Å². The maximum absolute atomic E-state index is 11.5. The summed E-state index contributed by atoms with van der Waals surface area (Å²) in [6.45, 7) is 2.89. The quantitative estimate of drug-likeness (QED) is 0.749. The van der Waals surface area contributed by atoms with Gasteiger partial charge in [-0.05, 0) is 25.2 Å². The van der Waals surface area contributed by atoms with Crippen molar-refractivity contribution in [3.8, 4) is 0 Å². The number of aromatic nitrogens is 3. The van der Waals surface area contributed by atoms with Gasteiger partial charge in [-0.25, -0.2) is 9.48 Å². The van der Waals surface area contributed by atoms with E-state index in [0.29, 0.717) is 11.6 Å². The van der Waals surface area contributed by atoms with Gasteiger partial charge in [0.25, 0.3) is 0 Å². The van der Waals surface area contributed by atoms with Gasteiger partial charge < -0.3 is 4.74 Å². The lowest BCUT2D eigenvalue weighted by Crippen LogP contribution is -2.13. The van der Waals surface area contributed by atoms with Crippen LogP contribution in [-0.2, 0) is 17.7 Å². The zero-order valence-electron chi connectivity index (χ0n) is 10.5. The maximum Gasteiger partial charge on any atom is 0.360 e. The molecule has 0 spiro atoms. The molecule has 5 nitrogen and oxygen atoms in total. The van der Waals surface area contributed by atoms with Crippen molar-refractivity contribution in [3.05, 3.63) is 11.4 Å². The van der Waals surface area contributed by atoms with Crippen molar-refractivity contribution >= 4 is 5.97 Å². The molecule has 1 aliphatic carbocycles. The SMILES string of the molecule is CCc1c(C(=O)OC)nnn1CC1CCCC1. The van der Waals surface area contributed by atoms with Gasteiger partial charge in [0.05, 0.1) is 12.8 Å². The highest BCUT2D eigenvalue weighted by molar-refractivity contribution is 5.88. The second kappa shape index (κ2) is 5.29. The van der Waals surface area contributed by atoms with Gasteiger partial charge in [-0.3, -0.25) is 0 Å². The van der Waals surface area contributed by atoms with E-state index < -0.39 is 0 Å². The molecule has 17 heavy (non-hydrogen) atoms. The molecule has 94 valence electrons. The third kappa shape index (κ3) is 2.48. The summed E-state index contributed by atoms with van der Waals surface area (Å²) >= 11 is 0. The number of carbonyl (C=O) groups excluding carboxylic acids is 1. The first-order valence-electron chi connectivity index (χ1n) is 6.27. The van der Waals surface area contributed by atoms with Gasteiger partial charge in [0.2, 0.25) is 0 Å². The Morgan fingerprint density at radius 2 is 2.18 bits per heavy atom. The summed E-state index contributed by atoms with van der Waals surface area (Å²) in [5.74, 6) is 0.298. The van der Waals surface area contributed by atoms with E-state index in [2.05, 4.69) is 10.3 Å². The Balaban J connectivity index is 2.16. The van der Waals surface area contributed by atoms with Crippen LogP contribution in [0.2, 0.25) is 0 Å². The van der Waals surface area contributed by atoms with Crippen LogP contribution in [0.4, 0.5) is 0 Å². The fourth-order valence-electron chi connectivity index (χ4n) is 2.52. The molecule has 1 fully saturated rings. The number of methoxy groups -OCH3 is 1. The van der Waals surface area contributed by atoms with Crippen LogP contribution < -0.4 is 0 Å². The molecule has 0 aromatic carbocycles. The molecule has 0 aliphatic heterocycles. The van der Waals surface area contributed by atoms with Crippen LogP contribution in [0.25, 0.3) is 0 Å². The fraction of sp³-hybridized carbons (Fsp3) is 0.750. The lowest BCUT2D eigenvalue weighted by Gasteiger charge is -2.10. The predicted octanol–water partition coefficient (Wildman–Crippen LogP) is 1.82. The van der Waals surface area contributed by atoms with Gasteiger partial charge in [-0.15, -0.1) is 5.10 Å². The third-order valence-electron chi connectivity index (χ3n) is 3.46. The molecule has 0 radical (unpaired) electrons. The normalized spacial score (nSPS) is 16.4. The van der Waals surface area contributed by atoms with E-state index in [0.717, 1.165) is 18.7 Å². The molecule has 1 aromatic rings. The first-order valence-corrected chi connectivity index (χ1v) is 6.27. The minimum atomic E-state index is -0.389. The number of rotatable bonds is 4. The molecular formula is C12H19N3O2. The summed E-state index contributed by atoms with van der Waals surface area (Å²) in [5.41, 5.74) is 1.26. The van der Waals surface area contributed by atoms with Gasteiger partial charge in [-0.1, -0.05) is 25.0 Å². The first-order chi connectivity index (χ1) is 8.26. The van der Waals surface area contributed by atoms with E-state index in [1.165, 1.54) is 32.8 Å². The molecule has 0 N–H and O–H groups in total. The molecule has 0 atom stereocenters. The predicted molar refractivity (Wildman–Crippen MR) is 62.7 cm³/mol. The first kappa shape index (κ1) is 12.1. The van der Waals surface area contributed by atoms with Crippen LogP contribution in [0.15, 0.2) is 0 Å². The van der Waals surface area contributed by atoms with E-state index >= 15 is 0 Å². The van der Waals surface area contributed by atoms with Crippen molar-refractivity contribution in [1.82, 2.24) is 15.0 Å². The van der Waals surface area contributed by atoms with E-state index in [-0.39, 0.29) is 5.97 Å². The number of nitrogens with zero attached hydrogens (tertiary/aromatic N) is 3. The number of esters is 1. The number of hydrogen-bond donors (Lipinski definition) is 0. The molecule has 1 saturated carbocycles. The molecular weight excluding hydrogens is 218 g/mol. The Morgan fingerprint density at radius 1 is 1.47 bits per heavy atom. The van der Waals surface area contributed by atoms with Crippen LogP contribution in [0, 0.1) is 5.92 Å². The molecule has 1 aromatic heterocycles. The smallest absolute Gasteiger partial charge is 0.360 e. The van der Waals surface area contributed by atoms with E-state index in [1.807, 2.05) is 11.6 Å². The highest BCUT2D eigenvalue weighted by atomic mass is 16.5. The van der Waals surface area contributed by atoms with Crippen LogP contribution in [0.5, 0.6) is 0 Å². The number of hydrogen-bond acceptors (Lipinski definition) is 4. The zero-order chi connectivity index (χ0) is 12.3. The number of carbonyl (C=O) groups is 1. The molecule has 1 heterocycles. The summed E-state index contributed by atoms with van der Waals surface area (Å²) in [4.78, 5) is 11.5. The molecule has 0 bridgehead atoms. The Kier molecular flexibility index (Phi) is 3.76. The fourth-order valence-corrected chi connectivity index (χ4v) is 2.52. The summed E-state index contributed by atoms with van der Waals surface area (Å²) < 4.78 is 6.58. The van der Waals surface area contributed by atoms with E-state index in [4.69, 9.17) is 4.74 Å². The van der Waals surface area contributed by atoms with Gasteiger partial charge >= 0.3 is 5.97 Å². The lowest BCUT2D eigenvalue weighted by molar-refractivity contribution is 0.0592. The lowest BCUT2D eigenvalue weighted by atomic mass is 10.1. The van der Waals surface area contributed by atoms with E-state index in [9.17, 15) is 4.79 Å². The van der Waals surface area contributed by atoms with Crippen molar-refractivity contribution in [2.75, 3.05) is 7.11 Å². The Bertz CT molecular complexity index is 394. The van der Waals surface area contributed by atoms with Gasteiger partial charge in [0.1, 0.15) is 0 Å². The summed E-state index contributed by atoms with van der Waals surface area (Å²) in [6.07, 6.45) is 5.90. The average molecular weight is 237 g/mol. The topological polar surface area (TPSA) is 57.0 Å². The Morgan fingerprint density at radius 3 is 2.76 bits per heavy atom. The Hall–Kier alpha value is -1.39. The monoisotopic (exact) mass is 237 g/mol. The molecule has 1 aliphatic rings. The average Bonchev–Trinajstić information content (AvgIpc) is 2.97. The maximum atomic E-state index is 11.5. The van der Waals surface area contributed by atoms with Crippen LogP contribution in [-0.4, -0.2) is 28.1 Å². The van der Waals surface area contributed by atoms with Crippen molar-refractivity contribution < 1.29 is 9.53 Å². The minimum Gasteiger partial charge on any atom is -0.464 e. The minimum absolute atomic E-state index is 0.369. The Labute approximate surface area is 101 Å².